The van der Waals surface area contributed by atoms with Crippen LogP contribution in [-0.4, -0.2) is 9.13 Å². The summed E-state index contributed by atoms with van der Waals surface area (Å²) in [5.74, 6) is 0. The van der Waals surface area contributed by atoms with Crippen molar-refractivity contribution >= 4 is 44.3 Å². The molecule has 0 atom stereocenters. The van der Waals surface area contributed by atoms with Gasteiger partial charge in [-0.1, -0.05) is 78.3 Å². The molecule has 3 heteroatoms. The summed E-state index contributed by atoms with van der Waals surface area (Å²) in [4.78, 5) is 0. The molecule has 0 unspecified atom stereocenters. The molecule has 0 bridgehead atoms. The van der Waals surface area contributed by atoms with Crippen molar-refractivity contribution in [2.24, 2.45) is 0 Å². The molecule has 144 valence electrons. The fourth-order valence-corrected chi connectivity index (χ4v) is 4.81. The van der Waals surface area contributed by atoms with Gasteiger partial charge in [0, 0.05) is 34.6 Å². The standard InChI is InChI=1S/C27H19ClN2/c28-23-17-25-26(27-21(23)15-16-29(27)18-19-9-3-1-4-10-19)22-13-7-8-14-24(22)30(25)20-11-5-2-6-12-20/h1-17H,18H2. The highest BCUT2D eigenvalue weighted by Crippen LogP contribution is 2.40. The van der Waals surface area contributed by atoms with Gasteiger partial charge >= 0.3 is 0 Å². The minimum atomic E-state index is 0.782. The van der Waals surface area contributed by atoms with Crippen LogP contribution in [0.2, 0.25) is 5.02 Å². The first-order chi connectivity index (χ1) is 14.8. The summed E-state index contributed by atoms with van der Waals surface area (Å²) in [6, 6.07) is 33.9. The lowest BCUT2D eigenvalue weighted by Crippen LogP contribution is -1.98. The summed E-state index contributed by atoms with van der Waals surface area (Å²) in [5.41, 5.74) is 5.92. The molecule has 2 aromatic heterocycles. The Bertz CT molecular complexity index is 1510. The summed E-state index contributed by atoms with van der Waals surface area (Å²) < 4.78 is 4.64. The summed E-state index contributed by atoms with van der Waals surface area (Å²) in [6.07, 6.45) is 2.15. The van der Waals surface area contributed by atoms with Crippen LogP contribution in [0.15, 0.2) is 103 Å². The van der Waals surface area contributed by atoms with E-state index in [2.05, 4.69) is 106 Å². The van der Waals surface area contributed by atoms with Gasteiger partial charge in [0.15, 0.2) is 0 Å². The topological polar surface area (TPSA) is 9.86 Å². The lowest BCUT2D eigenvalue weighted by Gasteiger charge is -2.10. The lowest BCUT2D eigenvalue weighted by atomic mass is 10.1. The Morgan fingerprint density at radius 1 is 0.667 bits per heavy atom. The number of halogens is 1. The average Bonchev–Trinajstić information content (AvgIpc) is 3.34. The van der Waals surface area contributed by atoms with Crippen LogP contribution >= 0.6 is 11.6 Å². The maximum atomic E-state index is 6.81. The third kappa shape index (κ3) is 2.58. The molecule has 0 aliphatic heterocycles. The lowest BCUT2D eigenvalue weighted by molar-refractivity contribution is 0.839. The van der Waals surface area contributed by atoms with E-state index in [1.807, 2.05) is 6.07 Å². The van der Waals surface area contributed by atoms with Gasteiger partial charge in [-0.3, -0.25) is 0 Å². The van der Waals surface area contributed by atoms with E-state index in [-0.39, 0.29) is 0 Å². The van der Waals surface area contributed by atoms with E-state index in [1.165, 1.54) is 27.4 Å². The monoisotopic (exact) mass is 406 g/mol. The first-order valence-corrected chi connectivity index (χ1v) is 10.5. The van der Waals surface area contributed by atoms with E-state index in [0.29, 0.717) is 0 Å². The van der Waals surface area contributed by atoms with Gasteiger partial charge in [-0.2, -0.15) is 0 Å². The number of hydrogen-bond donors (Lipinski definition) is 0. The smallest absolute Gasteiger partial charge is 0.0600 e. The van der Waals surface area contributed by atoms with Gasteiger partial charge in [0.1, 0.15) is 0 Å². The van der Waals surface area contributed by atoms with E-state index in [1.54, 1.807) is 0 Å². The van der Waals surface area contributed by atoms with Crippen LogP contribution in [0.5, 0.6) is 0 Å². The van der Waals surface area contributed by atoms with Crippen molar-refractivity contribution in [1.29, 1.82) is 0 Å². The number of fused-ring (bicyclic) bond motifs is 5. The van der Waals surface area contributed by atoms with E-state index in [0.717, 1.165) is 28.2 Å². The van der Waals surface area contributed by atoms with Crippen molar-refractivity contribution in [2.45, 2.75) is 6.54 Å². The Morgan fingerprint density at radius 2 is 1.37 bits per heavy atom. The van der Waals surface area contributed by atoms with E-state index < -0.39 is 0 Å². The molecule has 6 aromatic rings. The van der Waals surface area contributed by atoms with Crippen molar-refractivity contribution in [2.75, 3.05) is 0 Å². The fourth-order valence-electron chi connectivity index (χ4n) is 4.55. The predicted octanol–water partition coefficient (Wildman–Crippen LogP) is 7.44. The maximum absolute atomic E-state index is 6.81. The second-order valence-corrected chi connectivity index (χ2v) is 8.04. The van der Waals surface area contributed by atoms with Crippen LogP contribution in [0.4, 0.5) is 0 Å². The van der Waals surface area contributed by atoms with Crippen molar-refractivity contribution in [3.8, 4) is 5.69 Å². The number of para-hydroxylation sites is 2. The molecule has 2 nitrogen and oxygen atoms in total. The van der Waals surface area contributed by atoms with Crippen molar-refractivity contribution in [3.05, 3.63) is 114 Å². The maximum Gasteiger partial charge on any atom is 0.0600 e. The van der Waals surface area contributed by atoms with Gasteiger partial charge in [-0.05, 0) is 35.9 Å². The van der Waals surface area contributed by atoms with E-state index >= 15 is 0 Å². The summed E-state index contributed by atoms with van der Waals surface area (Å²) in [5, 5.41) is 4.36. The zero-order valence-corrected chi connectivity index (χ0v) is 17.1. The molecular formula is C27H19ClN2. The second kappa shape index (κ2) is 6.79. The molecule has 2 heterocycles. The highest BCUT2D eigenvalue weighted by atomic mass is 35.5. The Kier molecular flexibility index (Phi) is 3.93. The molecule has 0 spiro atoms. The van der Waals surface area contributed by atoms with Crippen LogP contribution < -0.4 is 0 Å². The van der Waals surface area contributed by atoms with E-state index in [4.69, 9.17) is 11.6 Å². The first kappa shape index (κ1) is 17.4. The quantitative estimate of drug-likeness (QED) is 0.289. The number of rotatable bonds is 3. The summed E-state index contributed by atoms with van der Waals surface area (Å²) >= 11 is 6.81. The van der Waals surface area contributed by atoms with E-state index in [9.17, 15) is 0 Å². The van der Waals surface area contributed by atoms with Crippen LogP contribution in [0.25, 0.3) is 38.4 Å². The Balaban J connectivity index is 1.75. The van der Waals surface area contributed by atoms with Gasteiger partial charge in [0.25, 0.3) is 0 Å². The molecule has 0 aliphatic rings. The van der Waals surface area contributed by atoms with Crippen LogP contribution in [0.1, 0.15) is 5.56 Å². The highest BCUT2D eigenvalue weighted by molar-refractivity contribution is 6.38. The Morgan fingerprint density at radius 3 is 2.17 bits per heavy atom. The molecule has 0 N–H and O–H groups in total. The zero-order valence-electron chi connectivity index (χ0n) is 16.3. The van der Waals surface area contributed by atoms with Crippen molar-refractivity contribution < 1.29 is 0 Å². The third-order valence-electron chi connectivity index (χ3n) is 5.84. The fraction of sp³-hybridized carbons (Fsp3) is 0.0370. The van der Waals surface area contributed by atoms with Gasteiger partial charge in [0.2, 0.25) is 0 Å². The molecular weight excluding hydrogens is 388 g/mol. The molecule has 0 saturated carbocycles. The average molecular weight is 407 g/mol. The predicted molar refractivity (Wildman–Crippen MR) is 127 cm³/mol. The number of benzene rings is 4. The highest BCUT2D eigenvalue weighted by Gasteiger charge is 2.18. The molecule has 0 saturated heterocycles. The van der Waals surface area contributed by atoms with Gasteiger partial charge in [-0.25, -0.2) is 0 Å². The zero-order chi connectivity index (χ0) is 20.1. The molecule has 0 amide bonds. The summed E-state index contributed by atoms with van der Waals surface area (Å²) in [6.45, 7) is 0.810. The Labute approximate surface area is 179 Å². The summed E-state index contributed by atoms with van der Waals surface area (Å²) in [7, 11) is 0. The number of nitrogens with zero attached hydrogens (tertiary/aromatic N) is 2. The Hall–Kier alpha value is -3.49. The number of hydrogen-bond acceptors (Lipinski definition) is 0. The largest absolute Gasteiger partial charge is 0.342 e. The van der Waals surface area contributed by atoms with Gasteiger partial charge in [0.05, 0.1) is 21.6 Å². The minimum absolute atomic E-state index is 0.782. The molecule has 0 aliphatic carbocycles. The van der Waals surface area contributed by atoms with Crippen molar-refractivity contribution in [1.82, 2.24) is 9.13 Å². The van der Waals surface area contributed by atoms with Crippen molar-refractivity contribution in [3.63, 3.8) is 0 Å². The third-order valence-corrected chi connectivity index (χ3v) is 6.16. The van der Waals surface area contributed by atoms with Gasteiger partial charge < -0.3 is 9.13 Å². The molecule has 0 fully saturated rings. The normalized spacial score (nSPS) is 11.6. The molecule has 4 aromatic carbocycles. The second-order valence-electron chi connectivity index (χ2n) is 7.63. The van der Waals surface area contributed by atoms with Crippen LogP contribution in [0, 0.1) is 0 Å². The molecule has 30 heavy (non-hydrogen) atoms. The van der Waals surface area contributed by atoms with Crippen LogP contribution in [-0.2, 0) is 6.54 Å². The van der Waals surface area contributed by atoms with Gasteiger partial charge in [-0.15, -0.1) is 0 Å². The minimum Gasteiger partial charge on any atom is -0.342 e. The molecule has 0 radical (unpaired) electrons. The first-order valence-electron chi connectivity index (χ1n) is 10.1. The SMILES string of the molecule is Clc1cc2c(c3ccccc3n2-c2ccccc2)c2c1ccn2Cc1ccccc1. The molecule has 6 rings (SSSR count). The number of aromatic nitrogens is 2. The van der Waals surface area contributed by atoms with Crippen LogP contribution in [0.3, 0.4) is 0 Å².